The zero-order chi connectivity index (χ0) is 11.3. The van der Waals surface area contributed by atoms with E-state index in [0.717, 1.165) is 6.42 Å². The van der Waals surface area contributed by atoms with E-state index in [1.54, 1.807) is 0 Å². The molecule has 0 aromatic heterocycles. The van der Waals surface area contributed by atoms with Gasteiger partial charge >= 0.3 is 0 Å². The van der Waals surface area contributed by atoms with E-state index in [2.05, 4.69) is 27.7 Å². The number of Topliss-reactive ketones (excluding diaryl/α,β-unsaturated/α-hetero) is 1. The van der Waals surface area contributed by atoms with Gasteiger partial charge in [-0.25, -0.2) is 0 Å². The minimum absolute atomic E-state index is 0.239. The van der Waals surface area contributed by atoms with Gasteiger partial charge in [0.25, 0.3) is 0 Å². The zero-order valence-electron chi connectivity index (χ0n) is 10.6. The van der Waals surface area contributed by atoms with Crippen molar-refractivity contribution in [3.05, 3.63) is 0 Å². The second kappa shape index (κ2) is 3.33. The summed E-state index contributed by atoms with van der Waals surface area (Å²) in [6.45, 7) is 8.96. The summed E-state index contributed by atoms with van der Waals surface area (Å²) < 4.78 is 0. The van der Waals surface area contributed by atoms with E-state index in [-0.39, 0.29) is 10.8 Å². The Morgan fingerprint density at radius 2 is 1.53 bits per heavy atom. The fourth-order valence-electron chi connectivity index (χ4n) is 3.62. The van der Waals surface area contributed by atoms with Crippen molar-refractivity contribution in [1.82, 2.24) is 0 Å². The predicted octanol–water partition coefficient (Wildman–Crippen LogP) is 3.82. The van der Waals surface area contributed by atoms with Gasteiger partial charge < -0.3 is 0 Å². The molecule has 0 amide bonds. The van der Waals surface area contributed by atoms with E-state index < -0.39 is 0 Å². The minimum atomic E-state index is 0.239. The second-order valence-electron chi connectivity index (χ2n) is 6.70. The van der Waals surface area contributed by atoms with E-state index in [9.17, 15) is 4.79 Å². The number of carbonyl (C=O) groups is 1. The van der Waals surface area contributed by atoms with Gasteiger partial charge in [0, 0.05) is 12.3 Å². The monoisotopic (exact) mass is 208 g/mol. The first-order valence-corrected chi connectivity index (χ1v) is 6.40. The van der Waals surface area contributed by atoms with Crippen LogP contribution in [0.4, 0.5) is 0 Å². The van der Waals surface area contributed by atoms with Crippen LogP contribution in [0.25, 0.3) is 0 Å². The van der Waals surface area contributed by atoms with E-state index in [0.29, 0.717) is 17.6 Å². The minimum Gasteiger partial charge on any atom is -0.299 e. The molecule has 2 aliphatic rings. The molecule has 0 N–H and O–H groups in total. The Kier molecular flexibility index (Phi) is 2.48. The smallest absolute Gasteiger partial charge is 0.137 e. The molecule has 15 heavy (non-hydrogen) atoms. The molecular weight excluding hydrogens is 184 g/mol. The molecule has 86 valence electrons. The molecule has 0 radical (unpaired) electrons. The van der Waals surface area contributed by atoms with Gasteiger partial charge in [0.05, 0.1) is 0 Å². The van der Waals surface area contributed by atoms with Gasteiger partial charge in [-0.2, -0.15) is 0 Å². The Balaban J connectivity index is 1.93. The standard InChI is InChI=1S/C14H24O/c1-13(2)12(14(13,3)4)11(15)9-10-7-5-6-8-10/h10,12H,5-9H2,1-4H3. The third-order valence-electron chi connectivity index (χ3n) is 5.31. The highest BCUT2D eigenvalue weighted by Crippen LogP contribution is 2.69. The van der Waals surface area contributed by atoms with Crippen molar-refractivity contribution in [3.63, 3.8) is 0 Å². The Bertz CT molecular complexity index is 255. The number of hydrogen-bond donors (Lipinski definition) is 0. The van der Waals surface area contributed by atoms with Crippen LogP contribution in [0.1, 0.15) is 59.8 Å². The van der Waals surface area contributed by atoms with Crippen LogP contribution in [-0.4, -0.2) is 5.78 Å². The molecule has 1 nitrogen and oxygen atoms in total. The number of hydrogen-bond acceptors (Lipinski definition) is 1. The summed E-state index contributed by atoms with van der Waals surface area (Å²) >= 11 is 0. The number of ketones is 1. The van der Waals surface area contributed by atoms with Crippen LogP contribution in [0.5, 0.6) is 0 Å². The Hall–Kier alpha value is -0.330. The van der Waals surface area contributed by atoms with E-state index in [1.165, 1.54) is 25.7 Å². The molecule has 2 aliphatic carbocycles. The average Bonchev–Trinajstić information content (AvgIpc) is 2.53. The van der Waals surface area contributed by atoms with E-state index in [4.69, 9.17) is 0 Å². The molecule has 0 heterocycles. The van der Waals surface area contributed by atoms with Crippen LogP contribution in [-0.2, 0) is 4.79 Å². The van der Waals surface area contributed by atoms with Gasteiger partial charge in [0.15, 0.2) is 0 Å². The molecule has 1 heteroatoms. The third-order valence-corrected chi connectivity index (χ3v) is 5.31. The van der Waals surface area contributed by atoms with Crippen LogP contribution in [0.15, 0.2) is 0 Å². The largest absolute Gasteiger partial charge is 0.299 e. The highest BCUT2D eigenvalue weighted by Gasteiger charge is 2.67. The highest BCUT2D eigenvalue weighted by atomic mass is 16.1. The van der Waals surface area contributed by atoms with Crippen molar-refractivity contribution in [2.75, 3.05) is 0 Å². The van der Waals surface area contributed by atoms with Crippen LogP contribution in [0.2, 0.25) is 0 Å². The number of carbonyl (C=O) groups excluding carboxylic acids is 1. The first-order chi connectivity index (χ1) is 6.87. The lowest BCUT2D eigenvalue weighted by Gasteiger charge is -2.08. The molecule has 0 unspecified atom stereocenters. The maximum absolute atomic E-state index is 12.2. The van der Waals surface area contributed by atoms with Gasteiger partial charge in [-0.3, -0.25) is 4.79 Å². The predicted molar refractivity (Wildman–Crippen MR) is 62.6 cm³/mol. The van der Waals surface area contributed by atoms with Crippen LogP contribution in [0.3, 0.4) is 0 Å². The van der Waals surface area contributed by atoms with Gasteiger partial charge in [-0.1, -0.05) is 53.4 Å². The molecular formula is C14H24O. The summed E-state index contributed by atoms with van der Waals surface area (Å²) in [4.78, 5) is 12.2. The Morgan fingerprint density at radius 3 is 1.93 bits per heavy atom. The molecule has 2 fully saturated rings. The summed E-state index contributed by atoms with van der Waals surface area (Å²) in [6, 6.07) is 0. The number of rotatable bonds is 3. The maximum atomic E-state index is 12.2. The summed E-state index contributed by atoms with van der Waals surface area (Å²) in [6.07, 6.45) is 6.13. The lowest BCUT2D eigenvalue weighted by Crippen LogP contribution is -2.11. The topological polar surface area (TPSA) is 17.1 Å². The molecule has 0 aromatic carbocycles. The molecule has 2 saturated carbocycles. The highest BCUT2D eigenvalue weighted by molar-refractivity contribution is 5.86. The Labute approximate surface area is 93.6 Å². The summed E-state index contributed by atoms with van der Waals surface area (Å²) in [5.41, 5.74) is 0.478. The Morgan fingerprint density at radius 1 is 1.07 bits per heavy atom. The molecule has 0 saturated heterocycles. The molecule has 0 aromatic rings. The molecule has 0 aliphatic heterocycles. The van der Waals surface area contributed by atoms with Gasteiger partial charge in [-0.05, 0) is 16.7 Å². The fourth-order valence-corrected chi connectivity index (χ4v) is 3.62. The lowest BCUT2D eigenvalue weighted by molar-refractivity contribution is -0.122. The van der Waals surface area contributed by atoms with Crippen LogP contribution >= 0.6 is 0 Å². The zero-order valence-corrected chi connectivity index (χ0v) is 10.6. The molecule has 2 rings (SSSR count). The SMILES string of the molecule is CC1(C)C(C(=O)CC2CCCC2)C1(C)C. The van der Waals surface area contributed by atoms with Crippen molar-refractivity contribution in [2.45, 2.75) is 59.8 Å². The van der Waals surface area contributed by atoms with Gasteiger partial charge in [-0.15, -0.1) is 0 Å². The van der Waals surface area contributed by atoms with Crippen molar-refractivity contribution < 1.29 is 4.79 Å². The summed E-state index contributed by atoms with van der Waals surface area (Å²) in [5, 5.41) is 0. The van der Waals surface area contributed by atoms with Gasteiger partial charge in [0.1, 0.15) is 5.78 Å². The van der Waals surface area contributed by atoms with Crippen molar-refractivity contribution in [2.24, 2.45) is 22.7 Å². The van der Waals surface area contributed by atoms with E-state index >= 15 is 0 Å². The quantitative estimate of drug-likeness (QED) is 0.689. The average molecular weight is 208 g/mol. The normalized spacial score (nSPS) is 29.3. The van der Waals surface area contributed by atoms with Crippen molar-refractivity contribution in [1.29, 1.82) is 0 Å². The van der Waals surface area contributed by atoms with E-state index in [1.807, 2.05) is 0 Å². The summed E-state index contributed by atoms with van der Waals surface area (Å²) in [5.74, 6) is 1.58. The van der Waals surface area contributed by atoms with Gasteiger partial charge in [0.2, 0.25) is 0 Å². The lowest BCUT2D eigenvalue weighted by atomic mass is 9.96. The van der Waals surface area contributed by atoms with Crippen molar-refractivity contribution in [3.8, 4) is 0 Å². The van der Waals surface area contributed by atoms with Crippen LogP contribution < -0.4 is 0 Å². The summed E-state index contributed by atoms with van der Waals surface area (Å²) in [7, 11) is 0. The molecule has 0 atom stereocenters. The van der Waals surface area contributed by atoms with Crippen LogP contribution in [0, 0.1) is 22.7 Å². The first kappa shape index (κ1) is 11.2. The molecule has 0 bridgehead atoms. The van der Waals surface area contributed by atoms with Crippen molar-refractivity contribution >= 4 is 5.78 Å². The first-order valence-electron chi connectivity index (χ1n) is 6.40. The molecule has 0 spiro atoms. The third kappa shape index (κ3) is 1.64. The maximum Gasteiger partial charge on any atom is 0.137 e. The second-order valence-corrected chi connectivity index (χ2v) is 6.70. The fraction of sp³-hybridized carbons (Fsp3) is 0.929.